The van der Waals surface area contributed by atoms with Gasteiger partial charge in [0.2, 0.25) is 0 Å². The van der Waals surface area contributed by atoms with Crippen LogP contribution >= 0.6 is 0 Å². The second-order valence-electron chi connectivity index (χ2n) is 5.51. The summed E-state index contributed by atoms with van der Waals surface area (Å²) in [6.45, 7) is 3.20. The molecule has 1 fully saturated rings. The van der Waals surface area contributed by atoms with Gasteiger partial charge in [-0.2, -0.15) is 0 Å². The molecule has 1 heterocycles. The summed E-state index contributed by atoms with van der Waals surface area (Å²) in [5.74, 6) is -0.497. The molecule has 5 heteroatoms. The molecule has 0 unspecified atom stereocenters. The smallest absolute Gasteiger partial charge is 0.337 e. The second-order valence-corrected chi connectivity index (χ2v) is 5.51. The van der Waals surface area contributed by atoms with Crippen LogP contribution in [0.4, 0.5) is 0 Å². The van der Waals surface area contributed by atoms with Gasteiger partial charge in [0.25, 0.3) is 5.91 Å². The Labute approximate surface area is 125 Å². The van der Waals surface area contributed by atoms with Crippen molar-refractivity contribution in [2.45, 2.75) is 31.8 Å². The van der Waals surface area contributed by atoms with Crippen LogP contribution in [0.3, 0.4) is 0 Å². The van der Waals surface area contributed by atoms with Gasteiger partial charge in [-0.15, -0.1) is 0 Å². The van der Waals surface area contributed by atoms with E-state index in [1.165, 1.54) is 7.11 Å². The fraction of sp³-hybridized carbons (Fsp3) is 0.500. The number of amides is 1. The number of ether oxygens (including phenoxy) is 1. The molecule has 0 bridgehead atoms. The number of hydrogen-bond donors (Lipinski definition) is 1. The Kier molecular flexibility index (Phi) is 4.96. The van der Waals surface area contributed by atoms with Crippen molar-refractivity contribution in [3.8, 4) is 0 Å². The minimum absolute atomic E-state index is 0.0986. The number of hydrogen-bond acceptors (Lipinski definition) is 4. The summed E-state index contributed by atoms with van der Waals surface area (Å²) in [5, 5.41) is 3.08. The molecule has 1 saturated heterocycles. The van der Waals surface area contributed by atoms with Crippen LogP contribution in [-0.2, 0) is 4.74 Å². The van der Waals surface area contributed by atoms with E-state index in [0.29, 0.717) is 17.2 Å². The molecule has 2 atom stereocenters. The fourth-order valence-electron chi connectivity index (χ4n) is 2.63. The fourth-order valence-corrected chi connectivity index (χ4v) is 2.63. The lowest BCUT2D eigenvalue weighted by Gasteiger charge is -2.37. The van der Waals surface area contributed by atoms with E-state index in [4.69, 9.17) is 0 Å². The standard InChI is InChI=1S/C16H22N2O3/c1-11-14(5-4-10-18(11)2)17-15(19)12-6-8-13(9-7-12)16(20)21-3/h6-9,11,14H,4-5,10H2,1-3H3,(H,17,19)/t11-,14+/m0/s1. The maximum Gasteiger partial charge on any atom is 0.337 e. The maximum atomic E-state index is 12.3. The molecule has 0 saturated carbocycles. The summed E-state index contributed by atoms with van der Waals surface area (Å²) >= 11 is 0. The number of nitrogens with zero attached hydrogens (tertiary/aromatic N) is 1. The van der Waals surface area contributed by atoms with Gasteiger partial charge in [-0.3, -0.25) is 4.79 Å². The first-order valence-corrected chi connectivity index (χ1v) is 7.22. The molecular weight excluding hydrogens is 268 g/mol. The van der Waals surface area contributed by atoms with Crippen molar-refractivity contribution in [2.24, 2.45) is 0 Å². The Morgan fingerprint density at radius 1 is 1.24 bits per heavy atom. The summed E-state index contributed by atoms with van der Waals surface area (Å²) in [6, 6.07) is 7.01. The second kappa shape index (κ2) is 6.72. The highest BCUT2D eigenvalue weighted by Crippen LogP contribution is 2.16. The number of piperidine rings is 1. The normalized spacial score (nSPS) is 22.6. The van der Waals surface area contributed by atoms with E-state index in [-0.39, 0.29) is 11.9 Å². The third-order valence-electron chi connectivity index (χ3n) is 4.19. The molecule has 0 aromatic heterocycles. The van der Waals surface area contributed by atoms with Gasteiger partial charge in [0.05, 0.1) is 12.7 Å². The molecule has 1 aliphatic rings. The molecule has 114 valence electrons. The quantitative estimate of drug-likeness (QED) is 0.861. The molecule has 1 aliphatic heterocycles. The van der Waals surface area contributed by atoms with E-state index in [9.17, 15) is 9.59 Å². The topological polar surface area (TPSA) is 58.6 Å². The summed E-state index contributed by atoms with van der Waals surface area (Å²) in [7, 11) is 3.41. The van der Waals surface area contributed by atoms with Gasteiger partial charge >= 0.3 is 5.97 Å². The molecular formula is C16H22N2O3. The molecule has 5 nitrogen and oxygen atoms in total. The predicted molar refractivity (Wildman–Crippen MR) is 80.4 cm³/mol. The highest BCUT2D eigenvalue weighted by Gasteiger charge is 2.26. The predicted octanol–water partition coefficient (Wildman–Crippen LogP) is 1.69. The molecule has 21 heavy (non-hydrogen) atoms. The molecule has 1 aromatic rings. The van der Waals surface area contributed by atoms with Crippen LogP contribution in [0, 0.1) is 0 Å². The summed E-state index contributed by atoms with van der Waals surface area (Å²) in [6.07, 6.45) is 2.09. The van der Waals surface area contributed by atoms with Gasteiger partial charge in [-0.05, 0) is 57.6 Å². The van der Waals surface area contributed by atoms with Crippen LogP contribution in [0.2, 0.25) is 0 Å². The van der Waals surface area contributed by atoms with Gasteiger partial charge in [-0.25, -0.2) is 4.79 Å². The number of esters is 1. The molecule has 0 aliphatic carbocycles. The minimum Gasteiger partial charge on any atom is -0.465 e. The van der Waals surface area contributed by atoms with Crippen molar-refractivity contribution >= 4 is 11.9 Å². The van der Waals surface area contributed by atoms with Gasteiger partial charge in [-0.1, -0.05) is 0 Å². The molecule has 1 aromatic carbocycles. The summed E-state index contributed by atoms with van der Waals surface area (Å²) in [5.41, 5.74) is 1.00. The van der Waals surface area contributed by atoms with E-state index in [2.05, 4.69) is 28.9 Å². The maximum absolute atomic E-state index is 12.3. The van der Waals surface area contributed by atoms with Crippen molar-refractivity contribution in [1.29, 1.82) is 0 Å². The number of methoxy groups -OCH3 is 1. The van der Waals surface area contributed by atoms with Crippen LogP contribution < -0.4 is 5.32 Å². The number of rotatable bonds is 3. The van der Waals surface area contributed by atoms with Gasteiger partial charge in [0.15, 0.2) is 0 Å². The lowest BCUT2D eigenvalue weighted by atomic mass is 9.97. The molecule has 1 N–H and O–H groups in total. The average Bonchev–Trinajstić information content (AvgIpc) is 2.51. The molecule has 2 rings (SSSR count). The first-order chi connectivity index (χ1) is 10.0. The Morgan fingerprint density at radius 3 is 2.48 bits per heavy atom. The van der Waals surface area contributed by atoms with E-state index >= 15 is 0 Å². The van der Waals surface area contributed by atoms with Crippen molar-refractivity contribution in [1.82, 2.24) is 10.2 Å². The zero-order chi connectivity index (χ0) is 15.4. The SMILES string of the molecule is COC(=O)c1ccc(C(=O)N[C@@H]2CCCN(C)[C@H]2C)cc1. The first kappa shape index (κ1) is 15.5. The Bertz CT molecular complexity index is 513. The summed E-state index contributed by atoms with van der Waals surface area (Å²) in [4.78, 5) is 25.9. The van der Waals surface area contributed by atoms with E-state index < -0.39 is 5.97 Å². The van der Waals surface area contributed by atoms with Crippen molar-refractivity contribution < 1.29 is 14.3 Å². The highest BCUT2D eigenvalue weighted by molar-refractivity contribution is 5.96. The monoisotopic (exact) mass is 290 g/mol. The largest absolute Gasteiger partial charge is 0.465 e. The zero-order valence-electron chi connectivity index (χ0n) is 12.8. The van der Waals surface area contributed by atoms with Gasteiger partial charge < -0.3 is 15.0 Å². The van der Waals surface area contributed by atoms with Crippen LogP contribution in [0.15, 0.2) is 24.3 Å². The van der Waals surface area contributed by atoms with Crippen molar-refractivity contribution in [2.75, 3.05) is 20.7 Å². The van der Waals surface area contributed by atoms with E-state index in [1.807, 2.05) is 0 Å². The number of benzene rings is 1. The average molecular weight is 290 g/mol. The van der Waals surface area contributed by atoms with Crippen molar-refractivity contribution in [3.63, 3.8) is 0 Å². The molecule has 0 spiro atoms. The van der Waals surface area contributed by atoms with Gasteiger partial charge in [0.1, 0.15) is 0 Å². The third-order valence-corrected chi connectivity index (χ3v) is 4.19. The summed E-state index contributed by atoms with van der Waals surface area (Å²) < 4.78 is 4.64. The van der Waals surface area contributed by atoms with E-state index in [0.717, 1.165) is 19.4 Å². The van der Waals surface area contributed by atoms with Crippen molar-refractivity contribution in [3.05, 3.63) is 35.4 Å². The Hall–Kier alpha value is -1.88. The molecule has 0 radical (unpaired) electrons. The number of likely N-dealkylation sites (tertiary alicyclic amines) is 1. The lowest BCUT2D eigenvalue weighted by Crippen LogP contribution is -2.52. The third kappa shape index (κ3) is 3.61. The highest BCUT2D eigenvalue weighted by atomic mass is 16.5. The van der Waals surface area contributed by atoms with Crippen LogP contribution in [0.1, 0.15) is 40.5 Å². The number of carbonyl (C=O) groups excluding carboxylic acids is 2. The van der Waals surface area contributed by atoms with Crippen LogP contribution in [-0.4, -0.2) is 49.6 Å². The zero-order valence-corrected chi connectivity index (χ0v) is 12.8. The van der Waals surface area contributed by atoms with Crippen LogP contribution in [0.5, 0.6) is 0 Å². The molecule has 1 amide bonds. The Morgan fingerprint density at radius 2 is 1.86 bits per heavy atom. The lowest BCUT2D eigenvalue weighted by molar-refractivity contribution is 0.0600. The Balaban J connectivity index is 2.01. The number of nitrogens with one attached hydrogen (secondary N) is 1. The number of carbonyl (C=O) groups is 2. The first-order valence-electron chi connectivity index (χ1n) is 7.22. The van der Waals surface area contributed by atoms with E-state index in [1.54, 1.807) is 24.3 Å². The number of likely N-dealkylation sites (N-methyl/N-ethyl adjacent to an activating group) is 1. The minimum atomic E-state index is -0.399. The van der Waals surface area contributed by atoms with Gasteiger partial charge in [0, 0.05) is 17.6 Å². The van der Waals surface area contributed by atoms with Crippen LogP contribution in [0.25, 0.3) is 0 Å².